The van der Waals surface area contributed by atoms with Crippen molar-refractivity contribution in [2.24, 2.45) is 16.6 Å². The third kappa shape index (κ3) is 1.90. The van der Waals surface area contributed by atoms with Gasteiger partial charge in [0.15, 0.2) is 0 Å². The topological polar surface area (TPSA) is 67.9 Å². The Hall–Kier alpha value is -1.88. The molecule has 2 aliphatic heterocycles. The van der Waals surface area contributed by atoms with Gasteiger partial charge in [-0.1, -0.05) is 0 Å². The highest BCUT2D eigenvalue weighted by Gasteiger charge is 2.38. The van der Waals surface area contributed by atoms with E-state index in [4.69, 9.17) is 10.5 Å². The van der Waals surface area contributed by atoms with Gasteiger partial charge in [-0.15, -0.1) is 0 Å². The largest absolute Gasteiger partial charge is 0.501 e. The predicted octanol–water partition coefficient (Wildman–Crippen LogP) is 0.602. The Bertz CT molecular complexity index is 569. The van der Waals surface area contributed by atoms with E-state index in [9.17, 15) is 4.79 Å². The molecule has 1 fully saturated rings. The van der Waals surface area contributed by atoms with Crippen LogP contribution < -0.4 is 5.73 Å². The zero-order valence-corrected chi connectivity index (χ0v) is 11.1. The molecule has 0 aromatic heterocycles. The third-order valence-electron chi connectivity index (χ3n) is 3.85. The van der Waals surface area contributed by atoms with Crippen molar-refractivity contribution in [1.29, 1.82) is 0 Å². The number of ether oxygens (including phenoxy) is 1. The molecule has 1 aliphatic carbocycles. The van der Waals surface area contributed by atoms with Gasteiger partial charge in [-0.3, -0.25) is 14.7 Å². The fourth-order valence-corrected chi connectivity index (χ4v) is 2.94. The third-order valence-corrected chi connectivity index (χ3v) is 3.85. The summed E-state index contributed by atoms with van der Waals surface area (Å²) in [5, 5.41) is 0. The zero-order valence-electron chi connectivity index (χ0n) is 11.1. The summed E-state index contributed by atoms with van der Waals surface area (Å²) >= 11 is 0. The van der Waals surface area contributed by atoms with E-state index in [2.05, 4.69) is 9.89 Å². The van der Waals surface area contributed by atoms with Gasteiger partial charge < -0.3 is 10.5 Å². The molecule has 2 heterocycles. The summed E-state index contributed by atoms with van der Waals surface area (Å²) in [6.07, 6.45) is 4.58. The molecular formula is C14H17N3O2. The number of likely N-dealkylation sites (tertiary alicyclic amines) is 1. The number of nitrogens with zero attached hydrogens (tertiary/aromatic N) is 2. The van der Waals surface area contributed by atoms with Crippen LogP contribution in [-0.4, -0.2) is 43.8 Å². The quantitative estimate of drug-likeness (QED) is 0.789. The van der Waals surface area contributed by atoms with Gasteiger partial charge in [-0.05, 0) is 30.3 Å². The Morgan fingerprint density at radius 3 is 3.00 bits per heavy atom. The van der Waals surface area contributed by atoms with E-state index < -0.39 is 0 Å². The molecule has 0 aromatic carbocycles. The maximum Gasteiger partial charge on any atom is 0.226 e. The van der Waals surface area contributed by atoms with Crippen LogP contribution in [0.15, 0.2) is 39.7 Å². The van der Waals surface area contributed by atoms with Crippen LogP contribution in [0.1, 0.15) is 6.42 Å². The van der Waals surface area contributed by atoms with Gasteiger partial charge >= 0.3 is 0 Å². The molecule has 100 valence electrons. The second-order valence-electron chi connectivity index (χ2n) is 5.17. The number of methoxy groups -OCH3 is 1. The monoisotopic (exact) mass is 259 g/mol. The number of carbonyl (C=O) groups is 1. The second kappa shape index (κ2) is 4.35. The van der Waals surface area contributed by atoms with Crippen molar-refractivity contribution in [2.75, 3.05) is 27.2 Å². The Morgan fingerprint density at radius 1 is 1.53 bits per heavy atom. The number of fused-ring (bicyclic) bond motifs is 2. The number of carbonyl (C=O) groups excluding carboxylic acids is 1. The maximum atomic E-state index is 11.7. The van der Waals surface area contributed by atoms with Crippen LogP contribution in [0.5, 0.6) is 0 Å². The maximum absolute atomic E-state index is 11.7. The summed E-state index contributed by atoms with van der Waals surface area (Å²) in [7, 11) is 3.64. The summed E-state index contributed by atoms with van der Waals surface area (Å²) in [6.45, 7) is 1.43. The van der Waals surface area contributed by atoms with Gasteiger partial charge in [0.2, 0.25) is 5.91 Å². The molecule has 1 unspecified atom stereocenters. The van der Waals surface area contributed by atoms with Crippen LogP contribution >= 0.6 is 0 Å². The van der Waals surface area contributed by atoms with E-state index >= 15 is 0 Å². The van der Waals surface area contributed by atoms with Crippen molar-refractivity contribution in [3.05, 3.63) is 34.8 Å². The Morgan fingerprint density at radius 2 is 2.32 bits per heavy atom. The highest BCUT2D eigenvalue weighted by Crippen LogP contribution is 2.39. The Kier molecular flexibility index (Phi) is 2.78. The number of allylic oxidation sites excluding steroid dienone is 4. The molecule has 1 atom stereocenters. The molecule has 1 amide bonds. The van der Waals surface area contributed by atoms with Crippen molar-refractivity contribution in [3.8, 4) is 0 Å². The van der Waals surface area contributed by atoms with Crippen LogP contribution in [-0.2, 0) is 9.53 Å². The van der Waals surface area contributed by atoms with Crippen molar-refractivity contribution in [3.63, 3.8) is 0 Å². The van der Waals surface area contributed by atoms with Gasteiger partial charge in [0, 0.05) is 19.5 Å². The van der Waals surface area contributed by atoms with Gasteiger partial charge in [0.25, 0.3) is 0 Å². The first-order chi connectivity index (χ1) is 9.10. The number of amides is 1. The van der Waals surface area contributed by atoms with Gasteiger partial charge in [-0.2, -0.15) is 0 Å². The Balaban J connectivity index is 2.06. The van der Waals surface area contributed by atoms with Crippen LogP contribution in [0.3, 0.4) is 0 Å². The Labute approximate surface area is 112 Å². The molecule has 3 aliphatic rings. The number of hydrogen-bond acceptors (Lipinski definition) is 4. The number of hydrogen-bond donors (Lipinski definition) is 1. The molecule has 2 N–H and O–H groups in total. The van der Waals surface area contributed by atoms with Gasteiger partial charge in [0.05, 0.1) is 24.4 Å². The average Bonchev–Trinajstić information content (AvgIpc) is 2.74. The highest BCUT2D eigenvalue weighted by atomic mass is 16.5. The SMILES string of the molecule is COC1=CC=C2N=C3CN(C)CC(C(N)=O)C3=C2C1. The van der Waals surface area contributed by atoms with Crippen molar-refractivity contribution < 1.29 is 9.53 Å². The highest BCUT2D eigenvalue weighted by molar-refractivity contribution is 6.11. The molecule has 0 spiro atoms. The smallest absolute Gasteiger partial charge is 0.226 e. The van der Waals surface area contributed by atoms with Crippen LogP contribution in [0, 0.1) is 5.92 Å². The van der Waals surface area contributed by atoms with E-state index in [0.29, 0.717) is 13.0 Å². The molecule has 5 heteroatoms. The summed E-state index contributed by atoms with van der Waals surface area (Å²) in [6, 6.07) is 0. The predicted molar refractivity (Wildman–Crippen MR) is 72.4 cm³/mol. The molecule has 0 bridgehead atoms. The van der Waals surface area contributed by atoms with E-state index in [1.165, 1.54) is 0 Å². The standard InChI is InChI=1S/C14H17N3O2/c1-17-6-10(14(15)18)13-9-5-8(19-2)3-4-11(9)16-12(13)7-17/h3-4,10H,5-7H2,1-2H3,(H2,15,18). The van der Waals surface area contributed by atoms with Crippen molar-refractivity contribution in [2.45, 2.75) is 6.42 Å². The summed E-state index contributed by atoms with van der Waals surface area (Å²) in [4.78, 5) is 18.4. The molecule has 1 saturated heterocycles. The number of aliphatic imine (C=N–C) groups is 1. The lowest BCUT2D eigenvalue weighted by molar-refractivity contribution is -0.121. The van der Waals surface area contributed by atoms with E-state index in [0.717, 1.165) is 34.9 Å². The van der Waals surface area contributed by atoms with Crippen LogP contribution in [0.4, 0.5) is 0 Å². The van der Waals surface area contributed by atoms with E-state index in [1.807, 2.05) is 19.2 Å². The van der Waals surface area contributed by atoms with Crippen LogP contribution in [0.25, 0.3) is 0 Å². The molecule has 19 heavy (non-hydrogen) atoms. The summed E-state index contributed by atoms with van der Waals surface area (Å²) in [5.74, 6) is 0.343. The fourth-order valence-electron chi connectivity index (χ4n) is 2.94. The van der Waals surface area contributed by atoms with Crippen LogP contribution in [0.2, 0.25) is 0 Å². The fraction of sp³-hybridized carbons (Fsp3) is 0.429. The summed E-state index contributed by atoms with van der Waals surface area (Å²) < 4.78 is 5.30. The molecular weight excluding hydrogens is 242 g/mol. The minimum Gasteiger partial charge on any atom is -0.501 e. The van der Waals surface area contributed by atoms with Crippen molar-refractivity contribution >= 4 is 11.6 Å². The van der Waals surface area contributed by atoms with Gasteiger partial charge in [0.1, 0.15) is 5.76 Å². The molecule has 3 rings (SSSR count). The molecule has 0 saturated carbocycles. The van der Waals surface area contributed by atoms with Crippen molar-refractivity contribution in [1.82, 2.24) is 4.90 Å². The number of nitrogens with two attached hydrogens (primary N) is 1. The van der Waals surface area contributed by atoms with Gasteiger partial charge in [-0.25, -0.2) is 0 Å². The lowest BCUT2D eigenvalue weighted by Gasteiger charge is -2.30. The molecule has 5 nitrogen and oxygen atoms in total. The molecule has 0 radical (unpaired) electrons. The number of piperidine rings is 1. The van der Waals surface area contributed by atoms with E-state index in [-0.39, 0.29) is 11.8 Å². The first kappa shape index (κ1) is 12.2. The lowest BCUT2D eigenvalue weighted by Crippen LogP contribution is -2.45. The first-order valence-electron chi connectivity index (χ1n) is 6.34. The zero-order chi connectivity index (χ0) is 13.6. The lowest BCUT2D eigenvalue weighted by atomic mass is 9.85. The average molecular weight is 259 g/mol. The molecule has 0 aromatic rings. The summed E-state index contributed by atoms with van der Waals surface area (Å²) in [5.41, 5.74) is 9.61. The number of primary amides is 1. The first-order valence-corrected chi connectivity index (χ1v) is 6.34. The van der Waals surface area contributed by atoms with E-state index in [1.54, 1.807) is 7.11 Å². The second-order valence-corrected chi connectivity index (χ2v) is 5.17. The normalized spacial score (nSPS) is 26.2. The number of rotatable bonds is 2. The minimum atomic E-state index is -0.281. The minimum absolute atomic E-state index is 0.269.